The minimum absolute atomic E-state index is 0.0489. The Kier molecular flexibility index (Phi) is 47.1. The van der Waals surface area contributed by atoms with Gasteiger partial charge in [-0.2, -0.15) is 0 Å². The molecule has 3 N–H and O–H groups in total. The van der Waals surface area contributed by atoms with Crippen molar-refractivity contribution in [2.24, 2.45) is 0 Å². The molecule has 0 bridgehead atoms. The molecule has 0 saturated carbocycles. The van der Waals surface area contributed by atoms with E-state index in [0.717, 1.165) is 77.0 Å². The topological polar surface area (TPSA) is 95.9 Å². The van der Waals surface area contributed by atoms with Crippen molar-refractivity contribution >= 4 is 11.9 Å². The number of allylic oxidation sites excluding steroid dienone is 8. The predicted octanol–water partition coefficient (Wildman–Crippen LogP) is 15.8. The fourth-order valence-electron chi connectivity index (χ4n) is 7.90. The van der Waals surface area contributed by atoms with E-state index in [4.69, 9.17) is 4.74 Å². The Morgan fingerprint density at radius 2 is 0.869 bits per heavy atom. The van der Waals surface area contributed by atoms with Crippen LogP contribution in [-0.2, 0) is 14.3 Å². The zero-order chi connectivity index (χ0) is 44.5. The number of rotatable bonds is 47. The van der Waals surface area contributed by atoms with Crippen LogP contribution < -0.4 is 5.32 Å². The van der Waals surface area contributed by atoms with Crippen LogP contribution in [0, 0.1) is 0 Å². The lowest BCUT2D eigenvalue weighted by Crippen LogP contribution is -2.46. The van der Waals surface area contributed by atoms with Crippen LogP contribution in [0.15, 0.2) is 48.6 Å². The first-order valence-electron chi connectivity index (χ1n) is 26.4. The summed E-state index contributed by atoms with van der Waals surface area (Å²) in [6.07, 6.45) is 58.9. The molecule has 0 saturated heterocycles. The van der Waals surface area contributed by atoms with Crippen LogP contribution in [0.3, 0.4) is 0 Å². The summed E-state index contributed by atoms with van der Waals surface area (Å²) in [5.74, 6) is -0.521. The van der Waals surface area contributed by atoms with Gasteiger partial charge in [0.25, 0.3) is 0 Å². The SMILES string of the molecule is CCCCCCC/C=C/C=C/C=C/CCCCCCCC(=O)OC(CCC/C=C\CCCCCCCC)CC(=O)NC(CO)C(O)CCCCCCCCCCCCCCC. The van der Waals surface area contributed by atoms with E-state index >= 15 is 0 Å². The van der Waals surface area contributed by atoms with Gasteiger partial charge < -0.3 is 20.3 Å². The number of unbranched alkanes of at least 4 members (excludes halogenated alkanes) is 29. The summed E-state index contributed by atoms with van der Waals surface area (Å²) >= 11 is 0. The van der Waals surface area contributed by atoms with E-state index in [1.54, 1.807) is 0 Å². The van der Waals surface area contributed by atoms with Crippen LogP contribution in [0.5, 0.6) is 0 Å². The maximum Gasteiger partial charge on any atom is 0.306 e. The third-order valence-electron chi connectivity index (χ3n) is 11.9. The number of carbonyl (C=O) groups excluding carboxylic acids is 2. The zero-order valence-electron chi connectivity index (χ0n) is 40.5. The van der Waals surface area contributed by atoms with E-state index in [-0.39, 0.29) is 24.9 Å². The quantitative estimate of drug-likeness (QED) is 0.0245. The molecule has 0 spiro atoms. The fraction of sp³-hybridized carbons (Fsp3) is 0.818. The van der Waals surface area contributed by atoms with Crippen LogP contribution in [-0.4, -0.2) is 46.9 Å². The molecule has 0 aliphatic rings. The second-order valence-corrected chi connectivity index (χ2v) is 18.0. The van der Waals surface area contributed by atoms with Gasteiger partial charge in [-0.05, 0) is 70.6 Å². The van der Waals surface area contributed by atoms with Gasteiger partial charge in [0.15, 0.2) is 0 Å². The summed E-state index contributed by atoms with van der Waals surface area (Å²) in [6.45, 7) is 6.45. The van der Waals surface area contributed by atoms with Gasteiger partial charge in [-0.15, -0.1) is 0 Å². The second-order valence-electron chi connectivity index (χ2n) is 18.0. The van der Waals surface area contributed by atoms with Crippen molar-refractivity contribution in [2.75, 3.05) is 6.61 Å². The highest BCUT2D eigenvalue weighted by molar-refractivity contribution is 5.77. The normalized spacial score (nSPS) is 13.6. The number of hydrogen-bond donors (Lipinski definition) is 3. The van der Waals surface area contributed by atoms with Crippen molar-refractivity contribution in [3.05, 3.63) is 48.6 Å². The number of aliphatic hydroxyl groups excluding tert-OH is 2. The lowest BCUT2D eigenvalue weighted by molar-refractivity contribution is -0.151. The molecule has 61 heavy (non-hydrogen) atoms. The fourth-order valence-corrected chi connectivity index (χ4v) is 7.90. The van der Waals surface area contributed by atoms with Gasteiger partial charge in [0.05, 0.1) is 25.2 Å². The molecular formula is C55H101NO5. The largest absolute Gasteiger partial charge is 0.462 e. The Balaban J connectivity index is 4.57. The molecule has 0 heterocycles. The van der Waals surface area contributed by atoms with E-state index in [9.17, 15) is 19.8 Å². The second kappa shape index (κ2) is 48.8. The number of esters is 1. The first kappa shape index (κ1) is 58.8. The van der Waals surface area contributed by atoms with Crippen LogP contribution in [0.1, 0.15) is 265 Å². The number of ether oxygens (including phenoxy) is 1. The summed E-state index contributed by atoms with van der Waals surface area (Å²) < 4.78 is 5.91. The van der Waals surface area contributed by atoms with Crippen molar-refractivity contribution in [2.45, 2.75) is 283 Å². The highest BCUT2D eigenvalue weighted by atomic mass is 16.5. The van der Waals surface area contributed by atoms with Gasteiger partial charge in [0.2, 0.25) is 5.91 Å². The summed E-state index contributed by atoms with van der Waals surface area (Å²) in [5.41, 5.74) is 0. The molecule has 0 rings (SSSR count). The monoisotopic (exact) mass is 856 g/mol. The standard InChI is InChI=1S/C55H101NO5/c1-4-7-10-13-16-19-22-24-25-26-27-28-30-33-36-39-42-45-48-55(60)61-51(46-43-40-37-34-31-21-18-15-12-9-6-3)49-54(59)56-52(50-57)53(58)47-44-41-38-35-32-29-23-20-17-14-11-8-5-2/h22,24-28,34,37,51-53,57-58H,4-21,23,29-33,35-36,38-50H2,1-3H3,(H,56,59)/b24-22+,26-25+,28-27+,37-34-. The Morgan fingerprint density at radius 3 is 1.33 bits per heavy atom. The van der Waals surface area contributed by atoms with E-state index in [0.29, 0.717) is 19.3 Å². The molecule has 0 aliphatic carbocycles. The van der Waals surface area contributed by atoms with Gasteiger partial charge >= 0.3 is 5.97 Å². The van der Waals surface area contributed by atoms with Crippen LogP contribution in [0.25, 0.3) is 0 Å². The Labute approximate surface area is 378 Å². The number of carbonyl (C=O) groups is 2. The van der Waals surface area contributed by atoms with Crippen LogP contribution in [0.4, 0.5) is 0 Å². The van der Waals surface area contributed by atoms with E-state index in [2.05, 4.69) is 74.7 Å². The number of aliphatic hydroxyl groups is 2. The summed E-state index contributed by atoms with van der Waals surface area (Å²) in [4.78, 5) is 26.1. The maximum absolute atomic E-state index is 13.2. The average Bonchev–Trinajstić information content (AvgIpc) is 3.25. The van der Waals surface area contributed by atoms with Crippen molar-refractivity contribution in [3.8, 4) is 0 Å². The molecule has 6 nitrogen and oxygen atoms in total. The summed E-state index contributed by atoms with van der Waals surface area (Å²) in [7, 11) is 0. The molecule has 0 radical (unpaired) electrons. The Morgan fingerprint density at radius 1 is 0.475 bits per heavy atom. The maximum atomic E-state index is 13.2. The lowest BCUT2D eigenvalue weighted by Gasteiger charge is -2.24. The van der Waals surface area contributed by atoms with Crippen molar-refractivity contribution < 1.29 is 24.5 Å². The van der Waals surface area contributed by atoms with Gasteiger partial charge in [-0.3, -0.25) is 9.59 Å². The third-order valence-corrected chi connectivity index (χ3v) is 11.9. The lowest BCUT2D eigenvalue weighted by atomic mass is 10.0. The zero-order valence-corrected chi connectivity index (χ0v) is 40.5. The average molecular weight is 856 g/mol. The number of hydrogen-bond acceptors (Lipinski definition) is 5. The molecule has 0 aromatic carbocycles. The van der Waals surface area contributed by atoms with Crippen LogP contribution >= 0.6 is 0 Å². The third kappa shape index (κ3) is 44.2. The highest BCUT2D eigenvalue weighted by Gasteiger charge is 2.24. The van der Waals surface area contributed by atoms with Gasteiger partial charge in [-0.1, -0.05) is 230 Å². The van der Waals surface area contributed by atoms with Crippen LogP contribution in [0.2, 0.25) is 0 Å². The number of nitrogens with one attached hydrogen (secondary N) is 1. The summed E-state index contributed by atoms with van der Waals surface area (Å²) in [6, 6.07) is -0.713. The van der Waals surface area contributed by atoms with Gasteiger partial charge in [0.1, 0.15) is 6.10 Å². The van der Waals surface area contributed by atoms with Crippen molar-refractivity contribution in [1.82, 2.24) is 5.32 Å². The minimum Gasteiger partial charge on any atom is -0.462 e. The minimum atomic E-state index is -0.797. The molecule has 3 unspecified atom stereocenters. The molecule has 0 aromatic heterocycles. The molecule has 3 atom stereocenters. The van der Waals surface area contributed by atoms with E-state index < -0.39 is 18.2 Å². The molecular weight excluding hydrogens is 755 g/mol. The molecule has 0 aliphatic heterocycles. The predicted molar refractivity (Wildman–Crippen MR) is 264 cm³/mol. The van der Waals surface area contributed by atoms with E-state index in [1.165, 1.54) is 141 Å². The number of amides is 1. The highest BCUT2D eigenvalue weighted by Crippen LogP contribution is 2.17. The Hall–Kier alpha value is -2.18. The van der Waals surface area contributed by atoms with Gasteiger partial charge in [0, 0.05) is 6.42 Å². The first-order valence-corrected chi connectivity index (χ1v) is 26.4. The molecule has 1 amide bonds. The smallest absolute Gasteiger partial charge is 0.306 e. The molecule has 6 heteroatoms. The Bertz CT molecular complexity index is 1050. The van der Waals surface area contributed by atoms with E-state index in [1.807, 2.05) is 0 Å². The van der Waals surface area contributed by atoms with Gasteiger partial charge in [-0.25, -0.2) is 0 Å². The first-order chi connectivity index (χ1) is 30.0. The molecule has 356 valence electrons. The summed E-state index contributed by atoms with van der Waals surface area (Å²) in [5, 5.41) is 23.7. The van der Waals surface area contributed by atoms with Crippen molar-refractivity contribution in [1.29, 1.82) is 0 Å². The van der Waals surface area contributed by atoms with Crippen molar-refractivity contribution in [3.63, 3.8) is 0 Å². The molecule has 0 fully saturated rings. The molecule has 0 aromatic rings.